The summed E-state index contributed by atoms with van der Waals surface area (Å²) in [5.74, 6) is 0.694. The van der Waals surface area contributed by atoms with Crippen LogP contribution in [0.3, 0.4) is 0 Å². The van der Waals surface area contributed by atoms with Crippen LogP contribution >= 0.6 is 0 Å². The van der Waals surface area contributed by atoms with Crippen LogP contribution in [0.15, 0.2) is 48.5 Å². The van der Waals surface area contributed by atoms with Gasteiger partial charge in [-0.05, 0) is 77.6 Å². The summed E-state index contributed by atoms with van der Waals surface area (Å²) in [5, 5.41) is 0. The number of benzene rings is 2. The van der Waals surface area contributed by atoms with E-state index in [0.717, 1.165) is 30.4 Å². The van der Waals surface area contributed by atoms with Gasteiger partial charge in [-0.15, -0.1) is 0 Å². The van der Waals surface area contributed by atoms with Gasteiger partial charge in [0.25, 0.3) is 5.91 Å². The molecule has 1 saturated carbocycles. The first-order valence-corrected chi connectivity index (χ1v) is 16.7. The van der Waals surface area contributed by atoms with Gasteiger partial charge in [0.1, 0.15) is 11.4 Å². The van der Waals surface area contributed by atoms with E-state index < -0.39 is 5.60 Å². The van der Waals surface area contributed by atoms with Crippen LogP contribution in [0.25, 0.3) is 0 Å². The lowest BCUT2D eigenvalue weighted by Gasteiger charge is -2.33. The lowest BCUT2D eigenvalue weighted by molar-refractivity contribution is -0.131. The molecule has 0 spiro atoms. The van der Waals surface area contributed by atoms with Crippen LogP contribution < -0.4 is 4.74 Å². The average molecular weight is 636 g/mol. The number of ether oxygens (including phenoxy) is 3. The number of rotatable bonds is 14. The molecule has 3 amide bonds. The monoisotopic (exact) mass is 635 g/mol. The highest BCUT2D eigenvalue weighted by Crippen LogP contribution is 2.34. The number of aryl methyl sites for hydroxylation is 1. The fourth-order valence-corrected chi connectivity index (χ4v) is 6.01. The Kier molecular flexibility index (Phi) is 12.1. The molecule has 0 bridgehead atoms. The zero-order valence-corrected chi connectivity index (χ0v) is 28.8. The summed E-state index contributed by atoms with van der Waals surface area (Å²) in [5.41, 5.74) is 1.91. The zero-order chi connectivity index (χ0) is 33.4. The van der Waals surface area contributed by atoms with E-state index in [0.29, 0.717) is 57.1 Å². The second-order valence-electron chi connectivity index (χ2n) is 14.1. The number of carbonyl (C=O) groups excluding carboxylic acids is 3. The molecular formula is C37H53N3O6. The molecule has 0 N–H and O–H groups in total. The summed E-state index contributed by atoms with van der Waals surface area (Å²) < 4.78 is 16.9. The predicted octanol–water partition coefficient (Wildman–Crippen LogP) is 5.98. The quantitative estimate of drug-likeness (QED) is 0.238. The van der Waals surface area contributed by atoms with Gasteiger partial charge in [-0.3, -0.25) is 9.59 Å². The van der Waals surface area contributed by atoms with Crippen LogP contribution in [0, 0.1) is 18.8 Å². The Bertz CT molecular complexity index is 1320. The van der Waals surface area contributed by atoms with Crippen LogP contribution in [0.4, 0.5) is 4.79 Å². The van der Waals surface area contributed by atoms with Crippen LogP contribution in [0.1, 0.15) is 75.4 Å². The minimum Gasteiger partial charge on any atom is -0.493 e. The fourth-order valence-electron chi connectivity index (χ4n) is 6.01. The topological polar surface area (TPSA) is 88.6 Å². The largest absolute Gasteiger partial charge is 0.493 e. The maximum Gasteiger partial charge on any atom is 0.410 e. The molecule has 252 valence electrons. The van der Waals surface area contributed by atoms with Crippen LogP contribution in [0.5, 0.6) is 5.75 Å². The molecule has 46 heavy (non-hydrogen) atoms. The van der Waals surface area contributed by atoms with Crippen molar-refractivity contribution in [3.8, 4) is 5.75 Å². The first-order chi connectivity index (χ1) is 21.9. The minimum absolute atomic E-state index is 0.000381. The van der Waals surface area contributed by atoms with Gasteiger partial charge in [0.05, 0.1) is 13.0 Å². The van der Waals surface area contributed by atoms with Crippen LogP contribution in [-0.2, 0) is 20.7 Å². The summed E-state index contributed by atoms with van der Waals surface area (Å²) in [7, 11) is 1.67. The lowest BCUT2D eigenvalue weighted by atomic mass is 9.93. The van der Waals surface area contributed by atoms with Crippen molar-refractivity contribution in [1.82, 2.24) is 14.7 Å². The summed E-state index contributed by atoms with van der Waals surface area (Å²) in [6.07, 6.45) is 2.74. The third-order valence-electron chi connectivity index (χ3n) is 8.67. The number of amides is 3. The molecule has 4 rings (SSSR count). The van der Waals surface area contributed by atoms with Crippen molar-refractivity contribution in [3.63, 3.8) is 0 Å². The Balaban J connectivity index is 1.54. The Morgan fingerprint density at radius 2 is 1.63 bits per heavy atom. The van der Waals surface area contributed by atoms with Gasteiger partial charge in [-0.1, -0.05) is 36.4 Å². The zero-order valence-electron chi connectivity index (χ0n) is 28.8. The average Bonchev–Trinajstić information content (AvgIpc) is 3.76. The van der Waals surface area contributed by atoms with Crippen LogP contribution in [-0.4, -0.2) is 96.8 Å². The third kappa shape index (κ3) is 9.95. The molecule has 1 heterocycles. The van der Waals surface area contributed by atoms with E-state index in [4.69, 9.17) is 14.2 Å². The SMILES string of the molecule is COCCCOc1cc(C(=O)N(C[C@@H]2CN(C(=O)OC(C)(C)C)C[C@H]2CN(C(=O)Cc2ccccc2)C2CC2)C(C)C)ccc1C. The molecule has 1 aliphatic carbocycles. The molecule has 2 aromatic carbocycles. The van der Waals surface area contributed by atoms with Crippen molar-refractivity contribution in [2.24, 2.45) is 11.8 Å². The van der Waals surface area contributed by atoms with Crippen molar-refractivity contribution in [2.75, 3.05) is 46.5 Å². The number of hydrogen-bond donors (Lipinski definition) is 0. The van der Waals surface area contributed by atoms with E-state index >= 15 is 0 Å². The van der Waals surface area contributed by atoms with E-state index in [9.17, 15) is 14.4 Å². The highest BCUT2D eigenvalue weighted by Gasteiger charge is 2.42. The minimum atomic E-state index is -0.620. The van der Waals surface area contributed by atoms with Gasteiger partial charge in [0.2, 0.25) is 5.91 Å². The standard InChI is InChI=1S/C37H53N3O6/c1-26(2)39(35(42)29-15-14-27(3)33(21-29)45-19-11-18-44-7)24-30-22-38(36(43)46-37(4,5)6)23-31(30)25-40(32-16-17-32)34(41)20-28-12-9-8-10-13-28/h8-10,12-15,21,26,30-32H,11,16-20,22-25H2,1-7H3/t30-,31-/m0/s1. The van der Waals surface area contributed by atoms with E-state index in [1.165, 1.54) is 0 Å². The molecule has 0 aromatic heterocycles. The van der Waals surface area contributed by atoms with Crippen molar-refractivity contribution in [1.29, 1.82) is 0 Å². The van der Waals surface area contributed by atoms with E-state index in [1.807, 2.05) is 99.9 Å². The van der Waals surface area contributed by atoms with E-state index in [1.54, 1.807) is 12.0 Å². The molecule has 9 heteroatoms. The van der Waals surface area contributed by atoms with E-state index in [2.05, 4.69) is 0 Å². The lowest BCUT2D eigenvalue weighted by Crippen LogP contribution is -2.45. The molecule has 2 aromatic rings. The fraction of sp³-hybridized carbons (Fsp3) is 0.595. The van der Waals surface area contributed by atoms with Crippen molar-refractivity contribution in [3.05, 3.63) is 65.2 Å². The first-order valence-electron chi connectivity index (χ1n) is 16.7. The number of likely N-dealkylation sites (tertiary alicyclic amines) is 1. The second-order valence-corrected chi connectivity index (χ2v) is 14.1. The maximum absolute atomic E-state index is 14.1. The number of methoxy groups -OCH3 is 1. The summed E-state index contributed by atoms with van der Waals surface area (Å²) in [6, 6.07) is 15.6. The summed E-state index contributed by atoms with van der Waals surface area (Å²) in [6.45, 7) is 14.7. The third-order valence-corrected chi connectivity index (χ3v) is 8.67. The van der Waals surface area contributed by atoms with Gasteiger partial charge < -0.3 is 28.9 Å². The summed E-state index contributed by atoms with van der Waals surface area (Å²) in [4.78, 5) is 46.6. The summed E-state index contributed by atoms with van der Waals surface area (Å²) >= 11 is 0. The van der Waals surface area contributed by atoms with Gasteiger partial charge in [0, 0.05) is 75.8 Å². The molecule has 0 radical (unpaired) electrons. The van der Waals surface area contributed by atoms with Crippen LogP contribution in [0.2, 0.25) is 0 Å². The van der Waals surface area contributed by atoms with E-state index in [-0.39, 0.29) is 41.8 Å². The number of carbonyl (C=O) groups is 3. The molecule has 2 atom stereocenters. The van der Waals surface area contributed by atoms with Gasteiger partial charge in [-0.25, -0.2) is 4.79 Å². The molecule has 2 fully saturated rings. The smallest absolute Gasteiger partial charge is 0.410 e. The van der Waals surface area contributed by atoms with Gasteiger partial charge >= 0.3 is 6.09 Å². The normalized spacial score (nSPS) is 18.0. The molecule has 1 saturated heterocycles. The maximum atomic E-state index is 14.1. The number of hydrogen-bond acceptors (Lipinski definition) is 6. The van der Waals surface area contributed by atoms with Crippen molar-refractivity contribution in [2.45, 2.75) is 84.9 Å². The molecule has 9 nitrogen and oxygen atoms in total. The molecular weight excluding hydrogens is 582 g/mol. The molecule has 2 aliphatic rings. The number of nitrogens with zero attached hydrogens (tertiary/aromatic N) is 3. The van der Waals surface area contributed by atoms with Gasteiger partial charge in [0.15, 0.2) is 0 Å². The second kappa shape index (κ2) is 15.8. The highest BCUT2D eigenvalue weighted by molar-refractivity contribution is 5.95. The first kappa shape index (κ1) is 35.3. The molecule has 1 aliphatic heterocycles. The Hall–Kier alpha value is -3.59. The Morgan fingerprint density at radius 3 is 2.24 bits per heavy atom. The predicted molar refractivity (Wildman–Crippen MR) is 179 cm³/mol. The highest BCUT2D eigenvalue weighted by atomic mass is 16.6. The van der Waals surface area contributed by atoms with Gasteiger partial charge in [-0.2, -0.15) is 0 Å². The molecule has 0 unspecified atom stereocenters. The van der Waals surface area contributed by atoms with Crippen molar-refractivity contribution >= 4 is 17.9 Å². The van der Waals surface area contributed by atoms with Crippen molar-refractivity contribution < 1.29 is 28.6 Å². The Labute approximate surface area is 275 Å². The Morgan fingerprint density at radius 1 is 0.957 bits per heavy atom.